The van der Waals surface area contributed by atoms with Gasteiger partial charge in [-0.25, -0.2) is 0 Å². The number of carbonyl (C=O) groups excluding carboxylic acids is 1. The number of fused-ring (bicyclic) bond motifs is 1. The molecule has 1 aliphatic rings. The Morgan fingerprint density at radius 3 is 2.81 bits per heavy atom. The summed E-state index contributed by atoms with van der Waals surface area (Å²) in [5.74, 6) is -0.161. The monoisotopic (exact) mass is 429 g/mol. The normalized spacial score (nSPS) is 17.8. The highest BCUT2D eigenvalue weighted by Crippen LogP contribution is 2.25. The van der Waals surface area contributed by atoms with Gasteiger partial charge < -0.3 is 19.5 Å². The molecule has 7 heteroatoms. The van der Waals surface area contributed by atoms with Gasteiger partial charge in [0, 0.05) is 28.8 Å². The topological polar surface area (TPSA) is 97.4 Å². The molecule has 2 aromatic carbocycles. The zero-order valence-electron chi connectivity index (χ0n) is 17.6. The lowest BCUT2D eigenvalue weighted by molar-refractivity contribution is 0.0562. The smallest absolute Gasteiger partial charge is 0.258 e. The van der Waals surface area contributed by atoms with E-state index in [9.17, 15) is 14.7 Å². The van der Waals surface area contributed by atoms with E-state index in [0.717, 1.165) is 27.8 Å². The third-order valence-electron chi connectivity index (χ3n) is 6.03. The lowest BCUT2D eigenvalue weighted by atomic mass is 9.89. The number of rotatable bonds is 5. The van der Waals surface area contributed by atoms with Crippen LogP contribution in [0.2, 0.25) is 0 Å². The van der Waals surface area contributed by atoms with Crippen LogP contribution in [0.4, 0.5) is 0 Å². The summed E-state index contributed by atoms with van der Waals surface area (Å²) in [6.45, 7) is 2.25. The van der Waals surface area contributed by atoms with Crippen LogP contribution in [0.1, 0.15) is 34.5 Å². The van der Waals surface area contributed by atoms with Gasteiger partial charge in [-0.3, -0.25) is 9.59 Å². The molecule has 0 unspecified atom stereocenters. The summed E-state index contributed by atoms with van der Waals surface area (Å²) in [6, 6.07) is 14.9. The van der Waals surface area contributed by atoms with Crippen molar-refractivity contribution in [3.8, 4) is 11.1 Å². The Hall–Kier alpha value is -3.71. The molecule has 2 aromatic heterocycles. The van der Waals surface area contributed by atoms with E-state index in [1.807, 2.05) is 43.3 Å². The number of aromatic nitrogens is 2. The first-order valence-corrected chi connectivity index (χ1v) is 10.6. The summed E-state index contributed by atoms with van der Waals surface area (Å²) in [6.07, 6.45) is 4.25. The fraction of sp³-hybridized carbons (Fsp3) is 0.240. The van der Waals surface area contributed by atoms with Crippen molar-refractivity contribution in [3.05, 3.63) is 88.2 Å². The number of hydrogen-bond acceptors (Lipinski definition) is 5. The molecule has 0 atom stereocenters. The molecule has 1 aliphatic carbocycles. The minimum atomic E-state index is -0.317. The van der Waals surface area contributed by atoms with Crippen LogP contribution in [0.15, 0.2) is 70.3 Å². The Kier molecular flexibility index (Phi) is 5.11. The molecule has 4 aromatic rings. The highest BCUT2D eigenvalue weighted by atomic mass is 16.5. The number of carbonyl (C=O) groups is 1. The number of amides is 1. The van der Waals surface area contributed by atoms with Crippen LogP contribution in [0, 0.1) is 6.92 Å². The van der Waals surface area contributed by atoms with Crippen LogP contribution >= 0.6 is 0 Å². The van der Waals surface area contributed by atoms with E-state index in [2.05, 4.69) is 10.5 Å². The number of hydrogen-bond donors (Lipinski definition) is 2. The minimum absolute atomic E-state index is 0.0239. The van der Waals surface area contributed by atoms with E-state index < -0.39 is 0 Å². The predicted octanol–water partition coefficient (Wildman–Crippen LogP) is 3.27. The van der Waals surface area contributed by atoms with Gasteiger partial charge in [0.05, 0.1) is 18.3 Å². The quantitative estimate of drug-likeness (QED) is 0.508. The summed E-state index contributed by atoms with van der Waals surface area (Å²) >= 11 is 0. The van der Waals surface area contributed by atoms with Gasteiger partial charge in [0.1, 0.15) is 6.26 Å². The molecule has 0 aliphatic heterocycles. The highest BCUT2D eigenvalue weighted by molar-refractivity contribution is 5.94. The summed E-state index contributed by atoms with van der Waals surface area (Å²) in [4.78, 5) is 25.6. The fourth-order valence-corrected chi connectivity index (χ4v) is 4.13. The molecule has 1 amide bonds. The van der Waals surface area contributed by atoms with Gasteiger partial charge >= 0.3 is 0 Å². The van der Waals surface area contributed by atoms with Crippen LogP contribution in [0.3, 0.4) is 0 Å². The van der Waals surface area contributed by atoms with Crippen LogP contribution in [-0.4, -0.2) is 32.9 Å². The maximum absolute atomic E-state index is 13.1. The molecule has 0 saturated heterocycles. The van der Waals surface area contributed by atoms with Gasteiger partial charge in [0.25, 0.3) is 11.5 Å². The van der Waals surface area contributed by atoms with E-state index in [1.54, 1.807) is 29.2 Å². The molecule has 0 bridgehead atoms. The van der Waals surface area contributed by atoms with E-state index in [0.29, 0.717) is 30.3 Å². The van der Waals surface area contributed by atoms with Gasteiger partial charge in [0.15, 0.2) is 0 Å². The Bertz CT molecular complexity index is 1370. The van der Waals surface area contributed by atoms with Crippen molar-refractivity contribution >= 4 is 16.7 Å². The van der Waals surface area contributed by atoms with Crippen molar-refractivity contribution in [2.45, 2.75) is 38.5 Å². The maximum atomic E-state index is 13.1. The molecule has 2 N–H and O–H groups in total. The van der Waals surface area contributed by atoms with Crippen LogP contribution in [0.5, 0.6) is 0 Å². The molecular weight excluding hydrogens is 406 g/mol. The van der Waals surface area contributed by atoms with Crippen molar-refractivity contribution in [3.63, 3.8) is 0 Å². The van der Waals surface area contributed by atoms with E-state index in [4.69, 9.17) is 4.52 Å². The van der Waals surface area contributed by atoms with Gasteiger partial charge in [0.2, 0.25) is 0 Å². The number of nitrogens with zero attached hydrogens (tertiary/aromatic N) is 2. The molecule has 1 saturated carbocycles. The van der Waals surface area contributed by atoms with E-state index in [-0.39, 0.29) is 23.6 Å². The molecule has 0 radical (unpaired) electrons. The number of aliphatic hydroxyl groups is 1. The molecule has 7 nitrogen and oxygen atoms in total. The first-order chi connectivity index (χ1) is 15.5. The molecule has 32 heavy (non-hydrogen) atoms. The SMILES string of the molecule is Cc1nocc1-c1ccc2c(=O)n(Cc3cccc(C(=O)N[C@H]4C[C@@H](O)C4)c3)ccc2c1. The fourth-order valence-electron chi connectivity index (χ4n) is 4.13. The second kappa shape index (κ2) is 8.09. The number of pyridine rings is 1. The van der Waals surface area contributed by atoms with Crippen molar-refractivity contribution in [2.75, 3.05) is 0 Å². The van der Waals surface area contributed by atoms with Crippen LogP contribution < -0.4 is 10.9 Å². The Morgan fingerprint density at radius 2 is 2.06 bits per heavy atom. The molecular formula is C25H23N3O4. The van der Waals surface area contributed by atoms with Gasteiger partial charge in [-0.15, -0.1) is 0 Å². The third-order valence-corrected chi connectivity index (χ3v) is 6.03. The highest BCUT2D eigenvalue weighted by Gasteiger charge is 2.28. The lowest BCUT2D eigenvalue weighted by Gasteiger charge is -2.31. The van der Waals surface area contributed by atoms with Gasteiger partial charge in [-0.05, 0) is 66.6 Å². The third kappa shape index (κ3) is 3.83. The lowest BCUT2D eigenvalue weighted by Crippen LogP contribution is -2.46. The number of nitrogens with one attached hydrogen (secondary N) is 1. The molecule has 5 rings (SSSR count). The second-order valence-corrected chi connectivity index (χ2v) is 8.36. The second-order valence-electron chi connectivity index (χ2n) is 8.36. The van der Waals surface area contributed by atoms with Gasteiger partial charge in [-0.1, -0.05) is 23.4 Å². The van der Waals surface area contributed by atoms with Gasteiger partial charge in [-0.2, -0.15) is 0 Å². The first-order valence-electron chi connectivity index (χ1n) is 10.6. The average molecular weight is 429 g/mol. The van der Waals surface area contributed by atoms with Crippen molar-refractivity contribution in [2.24, 2.45) is 0 Å². The Balaban J connectivity index is 1.38. The van der Waals surface area contributed by atoms with Crippen molar-refractivity contribution < 1.29 is 14.4 Å². The number of benzene rings is 2. The average Bonchev–Trinajstić information content (AvgIpc) is 3.20. The summed E-state index contributed by atoms with van der Waals surface area (Å²) in [7, 11) is 0. The van der Waals surface area contributed by atoms with Crippen molar-refractivity contribution in [1.82, 2.24) is 15.0 Å². The van der Waals surface area contributed by atoms with Crippen LogP contribution in [-0.2, 0) is 6.54 Å². The van der Waals surface area contributed by atoms with Crippen molar-refractivity contribution in [1.29, 1.82) is 0 Å². The summed E-state index contributed by atoms with van der Waals surface area (Å²) in [5.41, 5.74) is 3.98. The summed E-state index contributed by atoms with van der Waals surface area (Å²) in [5, 5.41) is 17.7. The number of aliphatic hydroxyl groups excluding tert-OH is 1. The molecule has 1 fully saturated rings. The largest absolute Gasteiger partial charge is 0.393 e. The van der Waals surface area contributed by atoms with E-state index >= 15 is 0 Å². The maximum Gasteiger partial charge on any atom is 0.258 e. The van der Waals surface area contributed by atoms with Crippen LogP contribution in [0.25, 0.3) is 21.9 Å². The minimum Gasteiger partial charge on any atom is -0.393 e. The standard InChI is InChI=1S/C25H23N3O4/c1-15-23(14-32-27-15)17-5-6-22-18(10-17)7-8-28(25(22)31)13-16-3-2-4-19(9-16)24(30)26-20-11-21(29)12-20/h2-10,14,20-21,29H,11-13H2,1H3,(H,26,30)/t20-,21+. The summed E-state index contributed by atoms with van der Waals surface area (Å²) < 4.78 is 6.67. The molecule has 2 heterocycles. The Morgan fingerprint density at radius 1 is 1.22 bits per heavy atom. The predicted molar refractivity (Wildman–Crippen MR) is 120 cm³/mol. The van der Waals surface area contributed by atoms with E-state index in [1.165, 1.54) is 0 Å². The molecule has 162 valence electrons. The Labute approximate surface area is 184 Å². The molecule has 0 spiro atoms. The zero-order valence-corrected chi connectivity index (χ0v) is 17.6. The zero-order chi connectivity index (χ0) is 22.2. The first kappa shape index (κ1) is 20.2. The number of aryl methyl sites for hydroxylation is 1.